The summed E-state index contributed by atoms with van der Waals surface area (Å²) in [6.45, 7) is 3.10. The van der Waals surface area contributed by atoms with Crippen LogP contribution >= 0.6 is 24.0 Å². The largest absolute Gasteiger partial charge is 0.504 e. The highest BCUT2D eigenvalue weighted by Gasteiger charge is 2.18. The molecule has 120 valence electrons. The fourth-order valence-electron chi connectivity index (χ4n) is 2.51. The van der Waals surface area contributed by atoms with Crippen molar-refractivity contribution in [2.45, 2.75) is 19.4 Å². The minimum absolute atomic E-state index is 0.245. The summed E-state index contributed by atoms with van der Waals surface area (Å²) in [5.74, 6) is 1.75. The van der Waals surface area contributed by atoms with E-state index in [1.807, 2.05) is 35.0 Å². The molecule has 0 bridgehead atoms. The predicted octanol–water partition coefficient (Wildman–Crippen LogP) is 3.83. The maximum absolute atomic E-state index is 9.73. The number of aromatic hydroxyl groups is 1. The Balaban J connectivity index is 0.000000299. The van der Waals surface area contributed by atoms with Crippen molar-refractivity contribution in [2.75, 3.05) is 26.0 Å². The van der Waals surface area contributed by atoms with E-state index in [2.05, 4.69) is 17.5 Å². The van der Waals surface area contributed by atoms with Crippen LogP contribution in [0, 0.1) is 0 Å². The average molecular weight is 338 g/mol. The predicted molar refractivity (Wildman–Crippen MR) is 96.4 cm³/mol. The van der Waals surface area contributed by atoms with Crippen molar-refractivity contribution in [1.82, 2.24) is 4.90 Å². The van der Waals surface area contributed by atoms with Crippen LogP contribution in [0.4, 0.5) is 0 Å². The zero-order valence-corrected chi connectivity index (χ0v) is 14.6. The monoisotopic (exact) mass is 337 g/mol. The lowest BCUT2D eigenvalue weighted by Crippen LogP contribution is -2.31. The maximum Gasteiger partial charge on any atom is 0.160 e. The van der Waals surface area contributed by atoms with Gasteiger partial charge in [0.25, 0.3) is 0 Å². The third-order valence-electron chi connectivity index (χ3n) is 3.65. The minimum Gasteiger partial charge on any atom is -0.504 e. The van der Waals surface area contributed by atoms with Crippen molar-refractivity contribution < 1.29 is 9.84 Å². The van der Waals surface area contributed by atoms with Gasteiger partial charge in [0.1, 0.15) is 0 Å². The summed E-state index contributed by atoms with van der Waals surface area (Å²) in [5.41, 5.74) is 2.51. The van der Waals surface area contributed by atoms with Gasteiger partial charge in [-0.25, -0.2) is 0 Å². The molecule has 2 aromatic rings. The first kappa shape index (κ1) is 17.2. The van der Waals surface area contributed by atoms with E-state index in [1.165, 1.54) is 11.1 Å². The second-order valence-corrected chi connectivity index (χ2v) is 6.45. The Morgan fingerprint density at radius 3 is 2.64 bits per heavy atom. The number of phenolic OH excluding ortho intramolecular Hbond substituents is 1. The van der Waals surface area contributed by atoms with Crippen LogP contribution in [0.25, 0.3) is 0 Å². The van der Waals surface area contributed by atoms with Gasteiger partial charge in [0.05, 0.1) is 7.11 Å². The zero-order valence-electron chi connectivity index (χ0n) is 12.9. The summed E-state index contributed by atoms with van der Waals surface area (Å²) in [4.78, 5) is 2.43. The van der Waals surface area contributed by atoms with E-state index in [9.17, 15) is 5.11 Å². The number of nitrogens with zero attached hydrogens (tertiary/aromatic N) is 1. The first-order chi connectivity index (χ1) is 10.7. The number of rotatable bonds is 4. The van der Waals surface area contributed by atoms with E-state index in [-0.39, 0.29) is 5.75 Å². The van der Waals surface area contributed by atoms with Crippen molar-refractivity contribution in [3.05, 3.63) is 46.2 Å². The van der Waals surface area contributed by atoms with E-state index in [4.69, 9.17) is 4.74 Å². The van der Waals surface area contributed by atoms with E-state index < -0.39 is 0 Å². The highest BCUT2D eigenvalue weighted by molar-refractivity contribution is 7.80. The Morgan fingerprint density at radius 2 is 2.05 bits per heavy atom. The molecule has 1 aromatic carbocycles. The van der Waals surface area contributed by atoms with E-state index >= 15 is 0 Å². The fourth-order valence-corrected chi connectivity index (χ4v) is 3.10. The number of thiophene rings is 1. The molecule has 1 aromatic heterocycles. The van der Waals surface area contributed by atoms with Crippen LogP contribution in [-0.2, 0) is 13.0 Å². The summed E-state index contributed by atoms with van der Waals surface area (Å²) in [5, 5.41) is 13.8. The van der Waals surface area contributed by atoms with Gasteiger partial charge in [-0.15, -0.1) is 0 Å². The summed E-state index contributed by atoms with van der Waals surface area (Å²) >= 11 is 5.95. The Morgan fingerprint density at radius 1 is 1.27 bits per heavy atom. The molecule has 1 aliphatic rings. The highest BCUT2D eigenvalue weighted by Crippen LogP contribution is 2.32. The number of hydrogen-bond acceptors (Lipinski definition) is 5. The first-order valence-corrected chi connectivity index (χ1v) is 9.01. The molecule has 1 N–H and O–H groups in total. The van der Waals surface area contributed by atoms with Gasteiger partial charge in [0.15, 0.2) is 11.5 Å². The molecule has 5 heteroatoms. The van der Waals surface area contributed by atoms with Crippen molar-refractivity contribution >= 4 is 24.0 Å². The maximum atomic E-state index is 9.73. The second-order valence-electron chi connectivity index (χ2n) is 5.19. The minimum atomic E-state index is 0.245. The molecular formula is C17H23NO2S2. The van der Waals surface area contributed by atoms with Crippen molar-refractivity contribution in [2.24, 2.45) is 0 Å². The van der Waals surface area contributed by atoms with Crippen molar-refractivity contribution in [3.63, 3.8) is 0 Å². The smallest absolute Gasteiger partial charge is 0.160 e. The van der Waals surface area contributed by atoms with Crippen LogP contribution in [0.3, 0.4) is 0 Å². The van der Waals surface area contributed by atoms with Gasteiger partial charge in [-0.2, -0.15) is 24.0 Å². The lowest BCUT2D eigenvalue weighted by atomic mass is 9.99. The van der Waals surface area contributed by atoms with Crippen molar-refractivity contribution in [1.29, 1.82) is 0 Å². The van der Waals surface area contributed by atoms with Gasteiger partial charge >= 0.3 is 0 Å². The summed E-state index contributed by atoms with van der Waals surface area (Å²) in [6.07, 6.45) is 2.12. The molecule has 0 atom stereocenters. The lowest BCUT2D eigenvalue weighted by molar-refractivity contribution is 0.254. The summed E-state index contributed by atoms with van der Waals surface area (Å²) < 4.78 is 5.15. The van der Waals surface area contributed by atoms with Crippen LogP contribution in [0.1, 0.15) is 17.5 Å². The highest BCUT2D eigenvalue weighted by atomic mass is 32.1. The average Bonchev–Trinajstić information content (AvgIpc) is 3.12. The van der Waals surface area contributed by atoms with Crippen molar-refractivity contribution in [3.8, 4) is 11.5 Å². The summed E-state index contributed by atoms with van der Waals surface area (Å²) in [7, 11) is 1.59. The first-order valence-electron chi connectivity index (χ1n) is 7.43. The summed E-state index contributed by atoms with van der Waals surface area (Å²) in [6, 6.07) is 7.83. The Hall–Kier alpha value is -1.17. The van der Waals surface area contributed by atoms with Crippen LogP contribution in [0.15, 0.2) is 35.0 Å². The molecule has 0 aliphatic carbocycles. The third-order valence-corrected chi connectivity index (χ3v) is 4.60. The third kappa shape index (κ3) is 4.93. The number of methoxy groups -OCH3 is 1. The van der Waals surface area contributed by atoms with Crippen LogP contribution in [-0.4, -0.2) is 36.0 Å². The molecule has 0 unspecified atom stereocenters. The van der Waals surface area contributed by atoms with Gasteiger partial charge in [0.2, 0.25) is 0 Å². The second kappa shape index (κ2) is 9.08. The number of benzene rings is 1. The molecule has 0 spiro atoms. The lowest BCUT2D eigenvalue weighted by Gasteiger charge is -2.29. The Labute approximate surface area is 142 Å². The molecule has 0 radical (unpaired) electrons. The molecule has 22 heavy (non-hydrogen) atoms. The normalized spacial score (nSPS) is 13.9. The van der Waals surface area contributed by atoms with Crippen LogP contribution < -0.4 is 4.74 Å². The quantitative estimate of drug-likeness (QED) is 0.832. The number of ether oxygens (including phenoxy) is 1. The molecule has 3 nitrogen and oxygen atoms in total. The van der Waals surface area contributed by atoms with Gasteiger partial charge in [-0.05, 0) is 59.2 Å². The molecule has 0 saturated carbocycles. The molecule has 0 amide bonds. The van der Waals surface area contributed by atoms with Gasteiger partial charge in [0, 0.05) is 13.1 Å². The standard InChI is InChI=1S/C13H19NO2S.C4H4S/c1-16-13-8-11-9-14(4-2-6-17)5-3-10(11)7-12(13)15;1-2-4-5-3-1/h7-8,15,17H,2-6,9H2,1H3;1-4H. The topological polar surface area (TPSA) is 32.7 Å². The van der Waals surface area contributed by atoms with E-state index in [1.54, 1.807) is 18.4 Å². The molecule has 3 rings (SSSR count). The number of hydrogen-bond donors (Lipinski definition) is 2. The molecule has 0 fully saturated rings. The van der Waals surface area contributed by atoms with E-state index in [0.717, 1.165) is 38.2 Å². The number of phenols is 1. The SMILES string of the molecule is COc1cc2c(cc1O)CCN(CCCS)C2.c1ccsc1. The zero-order chi connectivity index (χ0) is 15.8. The number of thiol groups is 1. The molecule has 0 saturated heterocycles. The fraction of sp³-hybridized carbons (Fsp3) is 0.412. The molecule has 1 aliphatic heterocycles. The van der Waals surface area contributed by atoms with Gasteiger partial charge in [-0.1, -0.05) is 12.1 Å². The Bertz CT molecular complexity index is 541. The van der Waals surface area contributed by atoms with Crippen LogP contribution in [0.5, 0.6) is 11.5 Å². The van der Waals surface area contributed by atoms with Gasteiger partial charge in [-0.3, -0.25) is 4.90 Å². The van der Waals surface area contributed by atoms with Crippen LogP contribution in [0.2, 0.25) is 0 Å². The number of fused-ring (bicyclic) bond motifs is 1. The van der Waals surface area contributed by atoms with E-state index in [0.29, 0.717) is 5.75 Å². The van der Waals surface area contributed by atoms with Gasteiger partial charge < -0.3 is 9.84 Å². The molecule has 2 heterocycles. The Kier molecular flexibility index (Phi) is 7.09. The molecular weight excluding hydrogens is 314 g/mol.